The molecule has 0 aliphatic rings. The number of esters is 1. The van der Waals surface area contributed by atoms with Crippen molar-refractivity contribution in [2.45, 2.75) is 27.7 Å². The maximum absolute atomic E-state index is 12.0. The van der Waals surface area contributed by atoms with E-state index in [2.05, 4.69) is 11.8 Å². The molecule has 0 atom stereocenters. The number of hydrogen-bond acceptors (Lipinski definition) is 4. The zero-order valence-corrected chi connectivity index (χ0v) is 13.2. The predicted molar refractivity (Wildman–Crippen MR) is 84.9 cm³/mol. The van der Waals surface area contributed by atoms with Gasteiger partial charge in [0.1, 0.15) is 5.57 Å². The van der Waals surface area contributed by atoms with Crippen LogP contribution in [0.2, 0.25) is 0 Å². The lowest BCUT2D eigenvalue weighted by molar-refractivity contribution is -0.384. The van der Waals surface area contributed by atoms with Crippen LogP contribution < -0.4 is 0 Å². The van der Waals surface area contributed by atoms with Crippen molar-refractivity contribution in [3.05, 3.63) is 45.5 Å². The zero-order chi connectivity index (χ0) is 16.8. The van der Waals surface area contributed by atoms with Crippen molar-refractivity contribution in [1.29, 1.82) is 0 Å². The number of nitro groups is 1. The lowest BCUT2D eigenvalue weighted by atomic mass is 9.97. The molecule has 0 saturated heterocycles. The number of ether oxygens (including phenoxy) is 1. The Labute approximate surface area is 130 Å². The third kappa shape index (κ3) is 5.80. The van der Waals surface area contributed by atoms with Crippen LogP contribution in [0.15, 0.2) is 29.8 Å². The first-order chi connectivity index (χ1) is 10.2. The molecule has 0 bridgehead atoms. The molecule has 0 heterocycles. The second kappa shape index (κ2) is 7.41. The first kappa shape index (κ1) is 17.4. The van der Waals surface area contributed by atoms with E-state index in [4.69, 9.17) is 4.74 Å². The molecule has 1 aromatic carbocycles. The highest BCUT2D eigenvalue weighted by molar-refractivity contribution is 5.98. The third-order valence-electron chi connectivity index (χ3n) is 2.46. The van der Waals surface area contributed by atoms with Crippen molar-refractivity contribution in [1.82, 2.24) is 0 Å². The number of rotatable bonds is 4. The van der Waals surface area contributed by atoms with Crippen LogP contribution in [0.4, 0.5) is 5.69 Å². The summed E-state index contributed by atoms with van der Waals surface area (Å²) in [7, 11) is 0. The molecule has 0 aromatic heterocycles. The Morgan fingerprint density at radius 2 is 2.09 bits per heavy atom. The van der Waals surface area contributed by atoms with E-state index in [1.165, 1.54) is 18.2 Å². The van der Waals surface area contributed by atoms with Gasteiger partial charge in [-0.05, 0) is 39.3 Å². The van der Waals surface area contributed by atoms with Gasteiger partial charge >= 0.3 is 5.97 Å². The van der Waals surface area contributed by atoms with Crippen LogP contribution in [0.5, 0.6) is 0 Å². The molecule has 0 N–H and O–H groups in total. The van der Waals surface area contributed by atoms with Gasteiger partial charge in [-0.25, -0.2) is 4.79 Å². The summed E-state index contributed by atoms with van der Waals surface area (Å²) in [6.45, 7) is 7.73. The van der Waals surface area contributed by atoms with Gasteiger partial charge in [-0.2, -0.15) is 0 Å². The minimum absolute atomic E-state index is 0.0410. The molecule has 1 rings (SSSR count). The van der Waals surface area contributed by atoms with Gasteiger partial charge in [0.05, 0.1) is 11.5 Å². The highest BCUT2D eigenvalue weighted by atomic mass is 16.6. The molecule has 0 amide bonds. The Morgan fingerprint density at radius 3 is 2.64 bits per heavy atom. The summed E-state index contributed by atoms with van der Waals surface area (Å²) in [5.74, 6) is 5.24. The van der Waals surface area contributed by atoms with E-state index < -0.39 is 10.9 Å². The second-order valence-electron chi connectivity index (χ2n) is 5.63. The van der Waals surface area contributed by atoms with Crippen LogP contribution in [0.25, 0.3) is 6.08 Å². The monoisotopic (exact) mass is 301 g/mol. The fourth-order valence-corrected chi connectivity index (χ4v) is 1.50. The number of nitrogens with zero attached hydrogens (tertiary/aromatic N) is 1. The maximum Gasteiger partial charge on any atom is 0.346 e. The molecule has 5 nitrogen and oxygen atoms in total. The third-order valence-corrected chi connectivity index (χ3v) is 2.46. The van der Waals surface area contributed by atoms with Crippen molar-refractivity contribution >= 4 is 17.7 Å². The summed E-state index contributed by atoms with van der Waals surface area (Å²) in [4.78, 5) is 22.3. The van der Waals surface area contributed by atoms with Crippen molar-refractivity contribution in [2.75, 3.05) is 6.61 Å². The first-order valence-corrected chi connectivity index (χ1v) is 6.89. The summed E-state index contributed by atoms with van der Waals surface area (Å²) < 4.78 is 4.98. The fourth-order valence-electron chi connectivity index (χ4n) is 1.50. The minimum Gasteiger partial charge on any atom is -0.462 e. The first-order valence-electron chi connectivity index (χ1n) is 6.89. The normalized spacial score (nSPS) is 11.4. The van der Waals surface area contributed by atoms with Gasteiger partial charge in [-0.15, -0.1) is 0 Å². The minimum atomic E-state index is -0.536. The Hall–Kier alpha value is -2.61. The van der Waals surface area contributed by atoms with Crippen LogP contribution in [0.3, 0.4) is 0 Å². The van der Waals surface area contributed by atoms with Crippen LogP contribution in [-0.4, -0.2) is 17.5 Å². The summed E-state index contributed by atoms with van der Waals surface area (Å²) in [5, 5.41) is 10.8. The molecule has 0 unspecified atom stereocenters. The van der Waals surface area contributed by atoms with E-state index in [9.17, 15) is 14.9 Å². The average molecular weight is 301 g/mol. The van der Waals surface area contributed by atoms with E-state index in [1.807, 2.05) is 20.8 Å². The highest BCUT2D eigenvalue weighted by Crippen LogP contribution is 2.17. The van der Waals surface area contributed by atoms with E-state index >= 15 is 0 Å². The standard InChI is InChI=1S/C17H19NO4/c1-5-22-16(19)14(9-10-17(2,3)4)11-13-7-6-8-15(12-13)18(20)21/h6-8,11-12H,5H2,1-4H3/b14-11+. The van der Waals surface area contributed by atoms with Crippen LogP contribution in [-0.2, 0) is 9.53 Å². The Balaban J connectivity index is 3.24. The largest absolute Gasteiger partial charge is 0.462 e. The van der Waals surface area contributed by atoms with Gasteiger partial charge in [-0.1, -0.05) is 24.0 Å². The van der Waals surface area contributed by atoms with Crippen molar-refractivity contribution < 1.29 is 14.5 Å². The lowest BCUT2D eigenvalue weighted by Gasteiger charge is -2.07. The number of non-ortho nitro benzene ring substituents is 1. The highest BCUT2D eigenvalue weighted by Gasteiger charge is 2.11. The SMILES string of the molecule is CCOC(=O)/C(C#CC(C)(C)C)=C/c1cccc([N+](=O)[O-])c1. The summed E-state index contributed by atoms with van der Waals surface area (Å²) in [6, 6.07) is 6.01. The molecule has 0 fully saturated rings. The Morgan fingerprint density at radius 1 is 1.41 bits per heavy atom. The molecule has 5 heteroatoms. The van der Waals surface area contributed by atoms with Crippen molar-refractivity contribution in [2.24, 2.45) is 5.41 Å². The van der Waals surface area contributed by atoms with Crippen molar-refractivity contribution in [3.8, 4) is 11.8 Å². The molecule has 22 heavy (non-hydrogen) atoms. The number of carbonyl (C=O) groups excluding carboxylic acids is 1. The van der Waals surface area contributed by atoms with Gasteiger partial charge in [0.25, 0.3) is 5.69 Å². The fraction of sp³-hybridized carbons (Fsp3) is 0.353. The average Bonchev–Trinajstić information content (AvgIpc) is 2.43. The summed E-state index contributed by atoms with van der Waals surface area (Å²) in [5.41, 5.74) is 0.396. The molecule has 0 spiro atoms. The van der Waals surface area contributed by atoms with E-state index in [0.29, 0.717) is 5.56 Å². The van der Waals surface area contributed by atoms with Gasteiger partial charge in [0, 0.05) is 17.5 Å². The Kier molecular flexibility index (Phi) is 5.88. The summed E-state index contributed by atoms with van der Waals surface area (Å²) >= 11 is 0. The summed E-state index contributed by atoms with van der Waals surface area (Å²) in [6.07, 6.45) is 1.50. The van der Waals surface area contributed by atoms with E-state index in [0.717, 1.165) is 0 Å². The van der Waals surface area contributed by atoms with Crippen LogP contribution in [0.1, 0.15) is 33.3 Å². The van der Waals surface area contributed by atoms with Gasteiger partial charge < -0.3 is 4.74 Å². The maximum atomic E-state index is 12.0. The zero-order valence-electron chi connectivity index (χ0n) is 13.2. The number of benzene rings is 1. The second-order valence-corrected chi connectivity index (χ2v) is 5.63. The molecule has 1 aromatic rings. The lowest BCUT2D eigenvalue weighted by Crippen LogP contribution is -2.07. The molecule has 0 radical (unpaired) electrons. The number of hydrogen-bond donors (Lipinski definition) is 0. The van der Waals surface area contributed by atoms with Crippen molar-refractivity contribution in [3.63, 3.8) is 0 Å². The topological polar surface area (TPSA) is 69.4 Å². The van der Waals surface area contributed by atoms with E-state index in [1.54, 1.807) is 19.1 Å². The van der Waals surface area contributed by atoms with Crippen LogP contribution >= 0.6 is 0 Å². The van der Waals surface area contributed by atoms with Crippen LogP contribution in [0, 0.1) is 27.4 Å². The molecular formula is C17H19NO4. The molecule has 0 aliphatic heterocycles. The quantitative estimate of drug-likeness (QED) is 0.280. The van der Waals surface area contributed by atoms with Gasteiger partial charge in [-0.3, -0.25) is 10.1 Å². The molecule has 0 saturated carbocycles. The van der Waals surface area contributed by atoms with Gasteiger partial charge in [0.15, 0.2) is 0 Å². The smallest absolute Gasteiger partial charge is 0.346 e. The predicted octanol–water partition coefficient (Wildman–Crippen LogP) is 3.59. The number of carbonyl (C=O) groups is 1. The molecule has 0 aliphatic carbocycles. The van der Waals surface area contributed by atoms with E-state index in [-0.39, 0.29) is 23.3 Å². The number of nitro benzene ring substituents is 1. The van der Waals surface area contributed by atoms with Gasteiger partial charge in [0.2, 0.25) is 0 Å². The Bertz CT molecular complexity index is 657. The molecular weight excluding hydrogens is 282 g/mol. The molecule has 116 valence electrons.